The third-order valence-corrected chi connectivity index (χ3v) is 5.02. The van der Waals surface area contributed by atoms with Gasteiger partial charge in [-0.1, -0.05) is 35.7 Å². The van der Waals surface area contributed by atoms with Gasteiger partial charge < -0.3 is 38.3 Å². The second-order valence-corrected chi connectivity index (χ2v) is 8.13. The van der Waals surface area contributed by atoms with Crippen LogP contribution in [0.5, 0.6) is 0 Å². The molecule has 0 bridgehead atoms. The van der Waals surface area contributed by atoms with Crippen molar-refractivity contribution in [2.75, 3.05) is 13.1 Å². The van der Waals surface area contributed by atoms with Gasteiger partial charge in [0.05, 0.1) is 6.04 Å². The first-order valence-corrected chi connectivity index (χ1v) is 10.9. The third kappa shape index (κ3) is 12.3. The summed E-state index contributed by atoms with van der Waals surface area (Å²) >= 11 is 2.97. The molecular formula is C18H33BrN6O6. The summed E-state index contributed by atoms with van der Waals surface area (Å²) in [5.41, 5.74) is 16.3. The van der Waals surface area contributed by atoms with Crippen LogP contribution in [0.4, 0.5) is 0 Å². The van der Waals surface area contributed by atoms with Gasteiger partial charge >= 0.3 is 5.97 Å². The molecule has 0 aliphatic carbocycles. The first-order valence-electron chi connectivity index (χ1n) is 10.0. The minimum absolute atomic E-state index is 0.272. The predicted octanol–water partition coefficient (Wildman–Crippen LogP) is -1.95. The van der Waals surface area contributed by atoms with Crippen molar-refractivity contribution in [2.24, 2.45) is 17.2 Å². The topological polar surface area (TPSA) is 220 Å². The summed E-state index contributed by atoms with van der Waals surface area (Å²) in [7, 11) is 0. The molecule has 31 heavy (non-hydrogen) atoms. The van der Waals surface area contributed by atoms with Crippen molar-refractivity contribution in [1.29, 1.82) is 0 Å². The number of rotatable bonds is 16. The number of hydrogen-bond donors (Lipinski definition) is 7. The van der Waals surface area contributed by atoms with Crippen molar-refractivity contribution in [3.8, 4) is 0 Å². The maximum Gasteiger partial charge on any atom is 0.328 e. The van der Waals surface area contributed by atoms with Crippen LogP contribution in [0.15, 0.2) is 0 Å². The molecule has 13 heteroatoms. The van der Waals surface area contributed by atoms with E-state index < -0.39 is 59.1 Å². The van der Waals surface area contributed by atoms with E-state index in [0.717, 1.165) is 6.42 Å². The molecule has 0 saturated carbocycles. The van der Waals surface area contributed by atoms with E-state index in [1.54, 1.807) is 6.92 Å². The quantitative estimate of drug-likeness (QED) is 0.0913. The average molecular weight is 509 g/mol. The summed E-state index contributed by atoms with van der Waals surface area (Å²) in [6, 6.07) is -3.23. The Kier molecular flexibility index (Phi) is 14.4. The molecule has 0 unspecified atom stereocenters. The normalized spacial score (nSPS) is 14.6. The Labute approximate surface area is 189 Å². The van der Waals surface area contributed by atoms with Gasteiger partial charge in [0.25, 0.3) is 0 Å². The molecule has 0 saturated heterocycles. The zero-order valence-electron chi connectivity index (χ0n) is 17.6. The Hall–Kier alpha value is -2.25. The van der Waals surface area contributed by atoms with Gasteiger partial charge in [-0.15, -0.1) is 0 Å². The highest BCUT2D eigenvalue weighted by molar-refractivity contribution is 9.10. The Bertz CT molecular complexity index is 635. The SMILES string of the molecule is CCC[C@H](NC(=O)[C@@H](N)CCCCN)C(=O)N[C@@H](CNC(=O)[C@@H](Br)CC(N)=O)C(=O)O. The molecule has 0 rings (SSSR count). The summed E-state index contributed by atoms with van der Waals surface area (Å²) < 4.78 is 0. The molecule has 0 aromatic carbocycles. The molecule has 4 atom stereocenters. The molecule has 0 aromatic heterocycles. The Morgan fingerprint density at radius 1 is 0.968 bits per heavy atom. The molecule has 0 radical (unpaired) electrons. The molecule has 4 amide bonds. The molecule has 178 valence electrons. The summed E-state index contributed by atoms with van der Waals surface area (Å²) in [6.45, 7) is 1.87. The van der Waals surface area contributed by atoms with Crippen molar-refractivity contribution < 1.29 is 29.1 Å². The molecule has 0 heterocycles. The third-order valence-electron chi connectivity index (χ3n) is 4.28. The highest BCUT2D eigenvalue weighted by Gasteiger charge is 2.28. The molecule has 0 fully saturated rings. The lowest BCUT2D eigenvalue weighted by molar-refractivity contribution is -0.142. The van der Waals surface area contributed by atoms with Gasteiger partial charge in [-0.05, 0) is 25.8 Å². The van der Waals surface area contributed by atoms with Crippen molar-refractivity contribution in [3.05, 3.63) is 0 Å². The van der Waals surface area contributed by atoms with Gasteiger partial charge in [0.1, 0.15) is 16.9 Å². The van der Waals surface area contributed by atoms with Gasteiger partial charge in [-0.25, -0.2) is 4.79 Å². The first-order chi connectivity index (χ1) is 14.5. The number of alkyl halides is 1. The number of nitrogens with one attached hydrogen (secondary N) is 3. The number of hydrogen-bond acceptors (Lipinski definition) is 7. The van der Waals surface area contributed by atoms with Crippen LogP contribution in [-0.4, -0.2) is 70.7 Å². The molecule has 0 aliphatic heterocycles. The number of carboxylic acid groups (broad SMARTS) is 1. The Morgan fingerprint density at radius 3 is 2.10 bits per heavy atom. The van der Waals surface area contributed by atoms with E-state index in [-0.39, 0.29) is 12.8 Å². The molecule has 0 spiro atoms. The maximum atomic E-state index is 12.6. The fraction of sp³-hybridized carbons (Fsp3) is 0.722. The molecule has 12 nitrogen and oxygen atoms in total. The van der Waals surface area contributed by atoms with E-state index in [2.05, 4.69) is 31.9 Å². The second-order valence-electron chi connectivity index (χ2n) is 7.02. The van der Waals surface area contributed by atoms with Crippen molar-refractivity contribution in [3.63, 3.8) is 0 Å². The average Bonchev–Trinajstić information content (AvgIpc) is 2.69. The number of nitrogens with two attached hydrogens (primary N) is 3. The first kappa shape index (κ1) is 28.8. The maximum absolute atomic E-state index is 12.6. The van der Waals surface area contributed by atoms with Gasteiger partial charge in [0.2, 0.25) is 23.6 Å². The van der Waals surface area contributed by atoms with E-state index in [9.17, 15) is 29.1 Å². The monoisotopic (exact) mass is 508 g/mol. The number of aliphatic carboxylic acids is 1. The molecular weight excluding hydrogens is 476 g/mol. The number of primary amides is 1. The highest BCUT2D eigenvalue weighted by Crippen LogP contribution is 2.05. The lowest BCUT2D eigenvalue weighted by Gasteiger charge is -2.23. The van der Waals surface area contributed by atoms with Crippen molar-refractivity contribution >= 4 is 45.5 Å². The van der Waals surface area contributed by atoms with E-state index in [1.165, 1.54) is 0 Å². The Morgan fingerprint density at radius 2 is 1.58 bits per heavy atom. The lowest BCUT2D eigenvalue weighted by Crippen LogP contribution is -2.56. The lowest BCUT2D eigenvalue weighted by atomic mass is 10.1. The molecule has 0 aliphatic rings. The van der Waals surface area contributed by atoms with Crippen molar-refractivity contribution in [1.82, 2.24) is 16.0 Å². The van der Waals surface area contributed by atoms with Gasteiger partial charge in [-0.3, -0.25) is 19.2 Å². The second kappa shape index (κ2) is 15.5. The van der Waals surface area contributed by atoms with Crippen LogP contribution >= 0.6 is 15.9 Å². The van der Waals surface area contributed by atoms with E-state index in [1.807, 2.05) is 0 Å². The van der Waals surface area contributed by atoms with Gasteiger partial charge in [0, 0.05) is 13.0 Å². The summed E-state index contributed by atoms with van der Waals surface area (Å²) in [4.78, 5) is 58.1. The van der Waals surface area contributed by atoms with E-state index in [4.69, 9.17) is 17.2 Å². The zero-order chi connectivity index (χ0) is 24.0. The molecule has 0 aromatic rings. The van der Waals surface area contributed by atoms with Crippen LogP contribution in [0.1, 0.15) is 45.4 Å². The zero-order valence-corrected chi connectivity index (χ0v) is 19.2. The standard InChI is InChI=1S/C18H33BrN6O6/c1-2-5-12(24-16(28)11(21)6-3-4-7-20)17(29)25-13(18(30)31)9-23-15(27)10(19)8-14(22)26/h10-13H,2-9,20-21H2,1H3,(H2,22,26)(H,23,27)(H,24,28)(H,25,29)(H,30,31)/t10-,11-,12-,13-/m0/s1. The fourth-order valence-electron chi connectivity index (χ4n) is 2.53. The molecule has 10 N–H and O–H groups in total. The van der Waals surface area contributed by atoms with Gasteiger partial charge in [0.15, 0.2) is 0 Å². The van der Waals surface area contributed by atoms with Crippen molar-refractivity contribution in [2.45, 2.75) is 68.4 Å². The van der Waals surface area contributed by atoms with Crippen LogP contribution in [0.25, 0.3) is 0 Å². The number of carbonyl (C=O) groups is 5. The smallest absolute Gasteiger partial charge is 0.328 e. The summed E-state index contributed by atoms with van der Waals surface area (Å²) in [5, 5.41) is 16.5. The number of amides is 4. The number of carboxylic acids is 1. The Balaban J connectivity index is 4.91. The summed E-state index contributed by atoms with van der Waals surface area (Å²) in [5.74, 6) is -3.96. The minimum Gasteiger partial charge on any atom is -0.480 e. The van der Waals surface area contributed by atoms with E-state index >= 15 is 0 Å². The summed E-state index contributed by atoms with van der Waals surface area (Å²) in [6.07, 6.45) is 2.35. The van der Waals surface area contributed by atoms with Crippen LogP contribution in [0.3, 0.4) is 0 Å². The minimum atomic E-state index is -1.45. The van der Waals surface area contributed by atoms with Crippen LogP contribution < -0.4 is 33.2 Å². The number of unbranched alkanes of at least 4 members (excludes halogenated alkanes) is 1. The highest BCUT2D eigenvalue weighted by atomic mass is 79.9. The largest absolute Gasteiger partial charge is 0.480 e. The van der Waals surface area contributed by atoms with Crippen LogP contribution in [0.2, 0.25) is 0 Å². The fourth-order valence-corrected chi connectivity index (χ4v) is 3.01. The predicted molar refractivity (Wildman–Crippen MR) is 117 cm³/mol. The van der Waals surface area contributed by atoms with E-state index in [0.29, 0.717) is 25.8 Å². The van der Waals surface area contributed by atoms with Crippen LogP contribution in [0, 0.1) is 0 Å². The number of halogens is 1. The number of carbonyl (C=O) groups excluding carboxylic acids is 4. The van der Waals surface area contributed by atoms with Crippen LogP contribution in [-0.2, 0) is 24.0 Å². The van der Waals surface area contributed by atoms with Gasteiger partial charge in [-0.2, -0.15) is 0 Å².